The average Bonchev–Trinajstić information content (AvgIpc) is 2.84. The number of guanidine groups is 1. The molecule has 3 aliphatic heterocycles. The lowest BCUT2D eigenvalue weighted by Crippen LogP contribution is -2.63. The molecule has 3 heterocycles. The Balaban J connectivity index is 2.04. The van der Waals surface area contributed by atoms with Crippen molar-refractivity contribution < 1.29 is 19.0 Å². The number of amidine groups is 1. The number of rotatable bonds is 3. The van der Waals surface area contributed by atoms with Crippen LogP contribution in [0.25, 0.3) is 0 Å². The molecule has 0 radical (unpaired) electrons. The Kier molecular flexibility index (Phi) is 3.38. The maximum Gasteiger partial charge on any atom is 0.417 e. The molecule has 122 valence electrons. The van der Waals surface area contributed by atoms with Gasteiger partial charge in [0.2, 0.25) is 11.9 Å². The van der Waals surface area contributed by atoms with E-state index in [0.717, 1.165) is 5.71 Å². The summed E-state index contributed by atoms with van der Waals surface area (Å²) in [7, 11) is 1.58. The zero-order valence-corrected chi connectivity index (χ0v) is 13.2. The van der Waals surface area contributed by atoms with Crippen molar-refractivity contribution in [3.63, 3.8) is 0 Å². The molecule has 0 aromatic heterocycles. The van der Waals surface area contributed by atoms with E-state index < -0.39 is 18.0 Å². The van der Waals surface area contributed by atoms with Gasteiger partial charge >= 0.3 is 12.0 Å². The minimum atomic E-state index is -0.687. The van der Waals surface area contributed by atoms with Gasteiger partial charge in [0.25, 0.3) is 11.8 Å². The van der Waals surface area contributed by atoms with Crippen molar-refractivity contribution in [2.75, 3.05) is 26.7 Å². The Bertz CT molecular complexity index is 708. The van der Waals surface area contributed by atoms with E-state index in [1.807, 2.05) is 0 Å². The minimum Gasteiger partial charge on any atom is -0.367 e. The number of fused-ring (bicyclic) bond motifs is 2. The molecule has 10 heteroatoms. The summed E-state index contributed by atoms with van der Waals surface area (Å²) in [6.45, 7) is 4.08. The number of nitrogens with zero attached hydrogens (tertiary/aromatic N) is 6. The van der Waals surface area contributed by atoms with Gasteiger partial charge < -0.3 is 5.73 Å². The Labute approximate surface area is 132 Å². The SMILES string of the molecule is CCN1C(=O)C2C(=NC3=[N+]2CC(C)=NN3CC(N)=O)N(C)C1=O. The minimum absolute atomic E-state index is 0.143. The van der Waals surface area contributed by atoms with Crippen molar-refractivity contribution in [1.82, 2.24) is 14.8 Å². The Morgan fingerprint density at radius 3 is 2.74 bits per heavy atom. The van der Waals surface area contributed by atoms with Crippen molar-refractivity contribution >= 4 is 35.4 Å². The van der Waals surface area contributed by atoms with Crippen LogP contribution in [-0.2, 0) is 9.59 Å². The predicted molar refractivity (Wildman–Crippen MR) is 80.9 cm³/mol. The molecular weight excluding hydrogens is 302 g/mol. The second-order valence-corrected chi connectivity index (χ2v) is 5.58. The number of imide groups is 1. The van der Waals surface area contributed by atoms with Gasteiger partial charge in [0.15, 0.2) is 6.54 Å². The van der Waals surface area contributed by atoms with E-state index in [9.17, 15) is 14.4 Å². The van der Waals surface area contributed by atoms with Crippen LogP contribution in [-0.4, -0.2) is 87.5 Å². The smallest absolute Gasteiger partial charge is 0.367 e. The number of hydrazone groups is 1. The quantitative estimate of drug-likeness (QED) is 0.619. The van der Waals surface area contributed by atoms with E-state index in [4.69, 9.17) is 5.73 Å². The van der Waals surface area contributed by atoms with Crippen LogP contribution in [0.2, 0.25) is 0 Å². The highest BCUT2D eigenvalue weighted by Gasteiger charge is 2.54. The highest BCUT2D eigenvalue weighted by Crippen LogP contribution is 2.22. The summed E-state index contributed by atoms with van der Waals surface area (Å²) in [4.78, 5) is 43.1. The van der Waals surface area contributed by atoms with E-state index in [1.165, 1.54) is 14.8 Å². The Hall–Kier alpha value is -2.78. The molecule has 0 aromatic rings. The fourth-order valence-corrected chi connectivity index (χ4v) is 2.95. The number of hydrogen-bond donors (Lipinski definition) is 1. The van der Waals surface area contributed by atoms with E-state index in [-0.39, 0.29) is 19.0 Å². The van der Waals surface area contributed by atoms with Crippen molar-refractivity contribution in [3.8, 4) is 0 Å². The second kappa shape index (κ2) is 5.14. The second-order valence-electron chi connectivity index (χ2n) is 5.58. The summed E-state index contributed by atoms with van der Waals surface area (Å²) in [6.07, 6.45) is 0. The fourth-order valence-electron chi connectivity index (χ4n) is 2.95. The predicted octanol–water partition coefficient (Wildman–Crippen LogP) is -1.77. The van der Waals surface area contributed by atoms with Crippen LogP contribution in [0.5, 0.6) is 0 Å². The standard InChI is InChI=1S/C13H17N7O3/c1-4-18-11(22)9-10(17(3)13(18)23)15-12-19(9)5-7(2)16-20(12)6-8(14)21/h9H,4-6H2,1-3H3,(H-,14,21)/p+1. The van der Waals surface area contributed by atoms with Crippen LogP contribution in [0.3, 0.4) is 0 Å². The molecule has 0 spiro atoms. The summed E-state index contributed by atoms with van der Waals surface area (Å²) in [5.74, 6) is -0.172. The number of urea groups is 1. The van der Waals surface area contributed by atoms with Gasteiger partial charge in [-0.05, 0) is 13.8 Å². The molecule has 1 fully saturated rings. The molecule has 0 aliphatic carbocycles. The number of hydrogen-bond acceptors (Lipinski definition) is 6. The van der Waals surface area contributed by atoms with Crippen molar-refractivity contribution in [1.29, 1.82) is 0 Å². The first kappa shape index (κ1) is 15.1. The lowest BCUT2D eigenvalue weighted by molar-refractivity contribution is -0.527. The van der Waals surface area contributed by atoms with Gasteiger partial charge in [-0.3, -0.25) is 19.4 Å². The number of nitrogens with two attached hydrogens (primary N) is 1. The number of aliphatic imine (C=N–C) groups is 1. The lowest BCUT2D eigenvalue weighted by Gasteiger charge is -2.33. The molecule has 3 rings (SSSR count). The molecule has 1 atom stereocenters. The van der Waals surface area contributed by atoms with Crippen LogP contribution in [0.1, 0.15) is 13.8 Å². The third-order valence-corrected chi connectivity index (χ3v) is 3.93. The third kappa shape index (κ3) is 2.17. The molecule has 3 aliphatic rings. The number of carbonyl (C=O) groups is 3. The van der Waals surface area contributed by atoms with Crippen LogP contribution in [0, 0.1) is 0 Å². The van der Waals surface area contributed by atoms with Crippen LogP contribution >= 0.6 is 0 Å². The van der Waals surface area contributed by atoms with Gasteiger partial charge in [-0.2, -0.15) is 0 Å². The van der Waals surface area contributed by atoms with Crippen LogP contribution < -0.4 is 5.73 Å². The molecule has 2 N–H and O–H groups in total. The van der Waals surface area contributed by atoms with Crippen LogP contribution in [0.4, 0.5) is 4.79 Å². The van der Waals surface area contributed by atoms with Gasteiger partial charge in [-0.1, -0.05) is 4.99 Å². The molecule has 10 nitrogen and oxygen atoms in total. The summed E-state index contributed by atoms with van der Waals surface area (Å²) in [5.41, 5.74) is 5.97. The molecule has 1 unspecified atom stereocenters. The number of primary amides is 1. The first-order valence-electron chi connectivity index (χ1n) is 7.26. The Morgan fingerprint density at radius 2 is 2.13 bits per heavy atom. The highest BCUT2D eigenvalue weighted by molar-refractivity contribution is 6.23. The number of amides is 4. The monoisotopic (exact) mass is 320 g/mol. The maximum atomic E-state index is 12.7. The molecule has 1 saturated heterocycles. The molecule has 4 amide bonds. The molecular formula is C13H18N7O3+. The highest BCUT2D eigenvalue weighted by atomic mass is 16.2. The van der Waals surface area contributed by atoms with Gasteiger partial charge in [0, 0.05) is 13.6 Å². The average molecular weight is 320 g/mol. The van der Waals surface area contributed by atoms with E-state index >= 15 is 0 Å². The molecule has 23 heavy (non-hydrogen) atoms. The summed E-state index contributed by atoms with van der Waals surface area (Å²) in [5, 5.41) is 5.64. The zero-order valence-electron chi connectivity index (χ0n) is 13.2. The van der Waals surface area contributed by atoms with Gasteiger partial charge in [-0.15, -0.1) is 10.1 Å². The first-order valence-corrected chi connectivity index (χ1v) is 7.26. The zero-order chi connectivity index (χ0) is 16.9. The Morgan fingerprint density at radius 1 is 1.43 bits per heavy atom. The summed E-state index contributed by atoms with van der Waals surface area (Å²) >= 11 is 0. The summed E-state index contributed by atoms with van der Waals surface area (Å²) in [6, 6.07) is -1.10. The lowest BCUT2D eigenvalue weighted by atomic mass is 10.1. The maximum absolute atomic E-state index is 12.7. The van der Waals surface area contributed by atoms with Crippen molar-refractivity contribution in [2.45, 2.75) is 19.9 Å². The topological polar surface area (TPSA) is 115 Å². The largest absolute Gasteiger partial charge is 0.417 e. The van der Waals surface area contributed by atoms with E-state index in [2.05, 4.69) is 10.1 Å². The van der Waals surface area contributed by atoms with E-state index in [0.29, 0.717) is 18.3 Å². The normalized spacial score (nSPS) is 23.8. The molecule has 0 aromatic carbocycles. The number of carbonyl (C=O) groups excluding carboxylic acids is 3. The molecule has 0 saturated carbocycles. The van der Waals surface area contributed by atoms with Crippen molar-refractivity contribution in [3.05, 3.63) is 0 Å². The van der Waals surface area contributed by atoms with Crippen molar-refractivity contribution in [2.24, 2.45) is 15.8 Å². The number of likely N-dealkylation sites (N-methyl/N-ethyl adjacent to an activating group) is 2. The fraction of sp³-hybridized carbons (Fsp3) is 0.538. The molecule has 0 bridgehead atoms. The van der Waals surface area contributed by atoms with Gasteiger partial charge in [-0.25, -0.2) is 9.37 Å². The van der Waals surface area contributed by atoms with Gasteiger partial charge in [0.1, 0.15) is 6.54 Å². The summed E-state index contributed by atoms with van der Waals surface area (Å²) < 4.78 is 1.74. The van der Waals surface area contributed by atoms with E-state index in [1.54, 1.807) is 25.5 Å². The van der Waals surface area contributed by atoms with Crippen LogP contribution in [0.15, 0.2) is 10.1 Å². The first-order chi connectivity index (χ1) is 10.8. The third-order valence-electron chi connectivity index (χ3n) is 3.93. The van der Waals surface area contributed by atoms with Gasteiger partial charge in [0.05, 0.1) is 5.71 Å².